The molecule has 6 fully saturated rings. The Morgan fingerprint density at radius 1 is 1.13 bits per heavy atom. The SMILES string of the molecule is C=CC(=O)N1C23CC(Oc4cc5c(Nc6ccc(Cl)c(Cl)c6F)ncnc5cc4OC4COC4)C[C@@]14CC24C3. The number of benzene rings is 2. The van der Waals surface area contributed by atoms with Crippen molar-refractivity contribution in [1.82, 2.24) is 14.9 Å². The summed E-state index contributed by atoms with van der Waals surface area (Å²) in [6.45, 7) is 4.71. The van der Waals surface area contributed by atoms with Crippen LogP contribution in [0.1, 0.15) is 25.7 Å². The van der Waals surface area contributed by atoms with E-state index in [0.717, 1.165) is 25.7 Å². The lowest BCUT2D eigenvalue weighted by molar-refractivity contribution is -0.152. The lowest BCUT2D eigenvalue weighted by Gasteiger charge is -2.54. The minimum atomic E-state index is -0.673. The zero-order valence-electron chi connectivity index (χ0n) is 20.7. The Morgan fingerprint density at radius 2 is 1.85 bits per heavy atom. The Hall–Kier alpha value is -3.14. The van der Waals surface area contributed by atoms with Crippen LogP contribution in [0.4, 0.5) is 15.9 Å². The lowest BCUT2D eigenvalue weighted by atomic mass is 9.77. The van der Waals surface area contributed by atoms with Crippen molar-refractivity contribution in [2.24, 2.45) is 5.41 Å². The van der Waals surface area contributed by atoms with Crippen molar-refractivity contribution < 1.29 is 23.4 Å². The summed E-state index contributed by atoms with van der Waals surface area (Å²) in [4.78, 5) is 23.5. The molecular formula is C28H23Cl2FN4O4. The summed E-state index contributed by atoms with van der Waals surface area (Å²) in [6, 6.07) is 6.66. The van der Waals surface area contributed by atoms with Crippen molar-refractivity contribution in [3.63, 3.8) is 0 Å². The van der Waals surface area contributed by atoms with Crippen LogP contribution in [-0.2, 0) is 9.53 Å². The highest BCUT2D eigenvalue weighted by Crippen LogP contribution is 2.96. The van der Waals surface area contributed by atoms with E-state index >= 15 is 0 Å². The molecule has 2 aromatic carbocycles. The largest absolute Gasteiger partial charge is 0.486 e. The maximum Gasteiger partial charge on any atom is 0.246 e. The molecule has 2 bridgehead atoms. The summed E-state index contributed by atoms with van der Waals surface area (Å²) >= 11 is 12.0. The van der Waals surface area contributed by atoms with Crippen LogP contribution >= 0.6 is 23.2 Å². The maximum absolute atomic E-state index is 14.8. The Labute approximate surface area is 233 Å². The average Bonchev–Trinajstić information content (AvgIpc) is 3.69. The molecule has 4 heterocycles. The zero-order valence-corrected chi connectivity index (χ0v) is 22.2. The summed E-state index contributed by atoms with van der Waals surface area (Å²) in [5.74, 6) is 0.840. The summed E-state index contributed by atoms with van der Waals surface area (Å²) in [6.07, 6.45) is 6.27. The van der Waals surface area contributed by atoms with E-state index in [1.54, 1.807) is 0 Å². The minimum Gasteiger partial charge on any atom is -0.486 e. The first-order chi connectivity index (χ1) is 18.8. The van der Waals surface area contributed by atoms with E-state index in [-0.39, 0.29) is 44.9 Å². The first-order valence-corrected chi connectivity index (χ1v) is 13.6. The minimum absolute atomic E-state index is 0.0150. The second-order valence-electron chi connectivity index (χ2n) is 11.2. The molecule has 3 spiro atoms. The quantitative estimate of drug-likeness (QED) is 0.300. The van der Waals surface area contributed by atoms with Gasteiger partial charge in [-0.25, -0.2) is 14.4 Å². The highest BCUT2D eigenvalue weighted by molar-refractivity contribution is 6.42. The molecule has 1 aromatic heterocycles. The van der Waals surface area contributed by atoms with Gasteiger partial charge in [0.1, 0.15) is 24.4 Å². The van der Waals surface area contributed by atoms with Crippen molar-refractivity contribution in [1.29, 1.82) is 0 Å². The number of rotatable bonds is 7. The van der Waals surface area contributed by atoms with Crippen molar-refractivity contribution in [2.45, 2.75) is 49.0 Å². The molecule has 1 amide bonds. The number of carbonyl (C=O) groups excluding carboxylic acids is 1. The third kappa shape index (κ3) is 3.01. The van der Waals surface area contributed by atoms with Crippen molar-refractivity contribution in [2.75, 3.05) is 18.5 Å². The van der Waals surface area contributed by atoms with Crippen LogP contribution in [0, 0.1) is 11.2 Å². The Bertz CT molecular complexity index is 1590. The number of amides is 1. The number of nitrogens with zero attached hydrogens (tertiary/aromatic N) is 3. The second kappa shape index (κ2) is 7.74. The van der Waals surface area contributed by atoms with Gasteiger partial charge in [0.2, 0.25) is 5.91 Å². The van der Waals surface area contributed by atoms with Gasteiger partial charge in [-0.05, 0) is 37.1 Å². The molecule has 200 valence electrons. The van der Waals surface area contributed by atoms with Gasteiger partial charge < -0.3 is 24.4 Å². The van der Waals surface area contributed by atoms with Crippen molar-refractivity contribution in [3.05, 3.63) is 59.1 Å². The number of piperidine rings is 2. The molecule has 3 saturated carbocycles. The Balaban J connectivity index is 1.14. The number of hydrogen-bond donors (Lipinski definition) is 1. The van der Waals surface area contributed by atoms with Gasteiger partial charge in [0.05, 0.1) is 45.5 Å². The summed E-state index contributed by atoms with van der Waals surface area (Å²) < 4.78 is 33.0. The van der Waals surface area contributed by atoms with Crippen LogP contribution in [0.25, 0.3) is 10.9 Å². The summed E-state index contributed by atoms with van der Waals surface area (Å²) in [5, 5.41) is 3.60. The predicted molar refractivity (Wildman–Crippen MR) is 142 cm³/mol. The van der Waals surface area contributed by atoms with Gasteiger partial charge in [-0.3, -0.25) is 4.79 Å². The standard InChI is InChI=1S/C28H23Cl2FN4O4/c1-2-22(36)35-27-7-14(8-28(35)12-26(27,28)11-27)38-20-5-16-19(6-21(20)39-15-9-37-10-15)32-13-33-25(16)34-18-4-3-17(29)23(30)24(18)31/h2-6,13-15H,1,7-12H2,(H,32,33,34)/t14?,26?,27-,28?/m0/s1. The first kappa shape index (κ1) is 23.7. The number of halogens is 3. The molecule has 3 aliphatic carbocycles. The molecule has 11 heteroatoms. The Kier molecular flexibility index (Phi) is 4.71. The second-order valence-corrected chi connectivity index (χ2v) is 12.0. The van der Waals surface area contributed by atoms with Gasteiger partial charge in [0, 0.05) is 29.7 Å². The van der Waals surface area contributed by atoms with Crippen LogP contribution in [0.2, 0.25) is 10.0 Å². The smallest absolute Gasteiger partial charge is 0.246 e. The summed E-state index contributed by atoms with van der Waals surface area (Å²) in [5.41, 5.74) is 0.810. The van der Waals surface area contributed by atoms with E-state index in [2.05, 4.69) is 26.8 Å². The molecule has 39 heavy (non-hydrogen) atoms. The van der Waals surface area contributed by atoms with E-state index in [0.29, 0.717) is 46.8 Å². The van der Waals surface area contributed by atoms with E-state index < -0.39 is 5.82 Å². The van der Waals surface area contributed by atoms with Gasteiger partial charge in [0.25, 0.3) is 0 Å². The Morgan fingerprint density at radius 3 is 2.54 bits per heavy atom. The molecule has 3 aromatic rings. The normalized spacial score (nSPS) is 31.4. The van der Waals surface area contributed by atoms with E-state index in [1.807, 2.05) is 12.1 Å². The maximum atomic E-state index is 14.8. The number of nitrogens with one attached hydrogen (secondary N) is 1. The van der Waals surface area contributed by atoms with Crippen LogP contribution in [0.3, 0.4) is 0 Å². The molecule has 4 atom stereocenters. The molecular weight excluding hydrogens is 546 g/mol. The molecule has 0 radical (unpaired) electrons. The molecule has 6 aliphatic rings. The predicted octanol–water partition coefficient (Wildman–Crippen LogP) is 5.44. The van der Waals surface area contributed by atoms with Gasteiger partial charge in [-0.2, -0.15) is 0 Å². The molecule has 9 rings (SSSR count). The fourth-order valence-corrected chi connectivity index (χ4v) is 7.87. The van der Waals surface area contributed by atoms with Gasteiger partial charge in [-0.1, -0.05) is 29.8 Å². The van der Waals surface area contributed by atoms with Crippen LogP contribution in [0.5, 0.6) is 11.5 Å². The summed E-state index contributed by atoms with van der Waals surface area (Å²) in [7, 11) is 0. The number of hydrogen-bond acceptors (Lipinski definition) is 7. The van der Waals surface area contributed by atoms with Crippen LogP contribution in [0.15, 0.2) is 43.2 Å². The first-order valence-electron chi connectivity index (χ1n) is 12.9. The topological polar surface area (TPSA) is 85.8 Å². The van der Waals surface area contributed by atoms with E-state index in [4.69, 9.17) is 37.4 Å². The molecule has 3 saturated heterocycles. The van der Waals surface area contributed by atoms with Crippen LogP contribution in [-0.4, -0.2) is 57.3 Å². The number of ether oxygens (including phenoxy) is 3. The molecule has 3 unspecified atom stereocenters. The van der Waals surface area contributed by atoms with Crippen molar-refractivity contribution >= 4 is 51.5 Å². The van der Waals surface area contributed by atoms with E-state index in [1.165, 1.54) is 24.5 Å². The third-order valence-corrected chi connectivity index (χ3v) is 10.1. The number of anilines is 2. The number of fused-ring (bicyclic) bond motifs is 3. The zero-order chi connectivity index (χ0) is 26.7. The van der Waals surface area contributed by atoms with Gasteiger partial charge in [0.15, 0.2) is 17.3 Å². The highest BCUT2D eigenvalue weighted by atomic mass is 35.5. The number of aromatic nitrogens is 2. The molecule has 1 N–H and O–H groups in total. The fraction of sp³-hybridized carbons (Fsp3) is 0.393. The monoisotopic (exact) mass is 568 g/mol. The van der Waals surface area contributed by atoms with Gasteiger partial charge >= 0.3 is 0 Å². The lowest BCUT2D eigenvalue weighted by Crippen LogP contribution is -2.66. The molecule has 3 aliphatic heterocycles. The average molecular weight is 569 g/mol. The molecule has 8 nitrogen and oxygen atoms in total. The third-order valence-electron chi connectivity index (χ3n) is 9.29. The van der Waals surface area contributed by atoms with Gasteiger partial charge in [-0.15, -0.1) is 0 Å². The van der Waals surface area contributed by atoms with Crippen LogP contribution < -0.4 is 14.8 Å². The van der Waals surface area contributed by atoms with E-state index in [9.17, 15) is 9.18 Å². The highest BCUT2D eigenvalue weighted by Gasteiger charge is 3.03. The van der Waals surface area contributed by atoms with Crippen molar-refractivity contribution in [3.8, 4) is 11.5 Å². The number of carbonyl (C=O) groups is 1. The fourth-order valence-electron chi connectivity index (χ4n) is 7.56.